The lowest BCUT2D eigenvalue weighted by atomic mass is 10.2. The zero-order valence-corrected chi connectivity index (χ0v) is 17.4. The molecule has 0 unspecified atom stereocenters. The first-order valence-corrected chi connectivity index (χ1v) is 11.0. The third kappa shape index (κ3) is 5.30. The molecule has 0 radical (unpaired) electrons. The van der Waals surface area contributed by atoms with Crippen LogP contribution in [0.1, 0.15) is 31.2 Å². The molecule has 2 N–H and O–H groups in total. The fraction of sp³-hybridized carbons (Fsp3) is 0.261. The summed E-state index contributed by atoms with van der Waals surface area (Å²) in [5, 5.41) is 10.2. The lowest BCUT2D eigenvalue weighted by molar-refractivity contribution is -0.136. The lowest BCUT2D eigenvalue weighted by Crippen LogP contribution is -2.34. The van der Waals surface area contributed by atoms with Gasteiger partial charge in [0.15, 0.2) is 0 Å². The van der Waals surface area contributed by atoms with Crippen molar-refractivity contribution in [2.45, 2.75) is 42.4 Å². The second-order valence-electron chi connectivity index (χ2n) is 7.31. The Balaban J connectivity index is 1.28. The Morgan fingerprint density at radius 3 is 2.57 bits per heavy atom. The number of hydrogen-bond acceptors (Lipinski definition) is 4. The zero-order valence-electron chi connectivity index (χ0n) is 16.6. The molecule has 3 aromatic rings. The molecule has 7 heteroatoms. The second kappa shape index (κ2) is 9.63. The summed E-state index contributed by atoms with van der Waals surface area (Å²) < 4.78 is 1.74. The van der Waals surface area contributed by atoms with E-state index in [0.717, 1.165) is 11.3 Å². The first kappa shape index (κ1) is 20.2. The maximum atomic E-state index is 12.2. The first-order valence-electron chi connectivity index (χ1n) is 10.1. The van der Waals surface area contributed by atoms with Gasteiger partial charge in [0.1, 0.15) is 0 Å². The Hall–Kier alpha value is -3.06. The van der Waals surface area contributed by atoms with Gasteiger partial charge in [-0.2, -0.15) is 5.10 Å². The molecule has 0 atom stereocenters. The molecular weight excluding hydrogens is 396 g/mol. The summed E-state index contributed by atoms with van der Waals surface area (Å²) >= 11 is 1.89. The van der Waals surface area contributed by atoms with E-state index in [1.54, 1.807) is 10.9 Å². The number of benzene rings is 2. The van der Waals surface area contributed by atoms with Crippen molar-refractivity contribution in [2.75, 3.05) is 5.32 Å². The maximum Gasteiger partial charge on any atom is 0.313 e. The molecule has 1 aliphatic rings. The molecule has 0 spiro atoms. The van der Waals surface area contributed by atoms with Crippen molar-refractivity contribution in [3.8, 4) is 5.69 Å². The van der Waals surface area contributed by atoms with E-state index >= 15 is 0 Å². The molecule has 1 heterocycles. The van der Waals surface area contributed by atoms with Crippen LogP contribution in [0.5, 0.6) is 0 Å². The van der Waals surface area contributed by atoms with Gasteiger partial charge in [0, 0.05) is 34.8 Å². The Morgan fingerprint density at radius 1 is 1.03 bits per heavy atom. The highest BCUT2D eigenvalue weighted by atomic mass is 32.2. The van der Waals surface area contributed by atoms with E-state index in [1.807, 2.05) is 72.6 Å². The predicted octanol–water partition coefficient (Wildman–Crippen LogP) is 4.16. The summed E-state index contributed by atoms with van der Waals surface area (Å²) in [7, 11) is 0. The quantitative estimate of drug-likeness (QED) is 0.587. The number of hydrogen-bond donors (Lipinski definition) is 2. The van der Waals surface area contributed by atoms with E-state index in [0.29, 0.717) is 10.9 Å². The third-order valence-electron chi connectivity index (χ3n) is 5.06. The fourth-order valence-electron chi connectivity index (χ4n) is 3.50. The summed E-state index contributed by atoms with van der Waals surface area (Å²) in [6, 6.07) is 17.2. The van der Waals surface area contributed by atoms with Crippen LogP contribution in [-0.4, -0.2) is 26.8 Å². The molecule has 154 valence electrons. The highest BCUT2D eigenvalue weighted by Crippen LogP contribution is 2.34. The number of rotatable bonds is 6. The van der Waals surface area contributed by atoms with E-state index in [2.05, 4.69) is 15.7 Å². The number of nitrogens with zero attached hydrogens (tertiary/aromatic N) is 2. The molecule has 30 heavy (non-hydrogen) atoms. The molecule has 0 bridgehead atoms. The monoisotopic (exact) mass is 420 g/mol. The molecule has 1 aromatic heterocycles. The largest absolute Gasteiger partial charge is 0.344 e. The van der Waals surface area contributed by atoms with Gasteiger partial charge in [-0.3, -0.25) is 9.59 Å². The molecule has 1 aliphatic carbocycles. The number of nitrogens with one attached hydrogen (secondary N) is 2. The van der Waals surface area contributed by atoms with E-state index < -0.39 is 11.8 Å². The van der Waals surface area contributed by atoms with E-state index in [9.17, 15) is 9.59 Å². The number of anilines is 1. The van der Waals surface area contributed by atoms with E-state index in [4.69, 9.17) is 0 Å². The maximum absolute atomic E-state index is 12.2. The smallest absolute Gasteiger partial charge is 0.313 e. The number of aromatic nitrogens is 2. The molecule has 1 saturated carbocycles. The SMILES string of the molecule is O=C(NCc1cccc(-n2cccn2)c1)C(=O)Nc1ccc(SC2CCCC2)cc1. The third-order valence-corrected chi connectivity index (χ3v) is 6.41. The normalized spacial score (nSPS) is 13.9. The topological polar surface area (TPSA) is 76.0 Å². The standard InChI is InChI=1S/C23H24N4O2S/c28-22(24-16-17-5-3-6-19(15-17)27-14-4-13-25-27)23(29)26-18-9-11-21(12-10-18)30-20-7-1-2-8-20/h3-6,9-15,20H,1-2,7-8,16H2,(H,24,28)(H,26,29). The van der Waals surface area contributed by atoms with Crippen molar-refractivity contribution in [3.63, 3.8) is 0 Å². The minimum absolute atomic E-state index is 0.262. The van der Waals surface area contributed by atoms with Crippen LogP contribution in [0.25, 0.3) is 5.69 Å². The second-order valence-corrected chi connectivity index (χ2v) is 8.68. The van der Waals surface area contributed by atoms with Gasteiger partial charge in [0.05, 0.1) is 5.69 Å². The molecule has 6 nitrogen and oxygen atoms in total. The van der Waals surface area contributed by atoms with Gasteiger partial charge >= 0.3 is 11.8 Å². The Kier molecular flexibility index (Phi) is 6.49. The minimum atomic E-state index is -0.672. The van der Waals surface area contributed by atoms with Gasteiger partial charge in [0.25, 0.3) is 0 Å². The van der Waals surface area contributed by atoms with Crippen LogP contribution in [0.15, 0.2) is 71.9 Å². The molecule has 4 rings (SSSR count). The highest BCUT2D eigenvalue weighted by molar-refractivity contribution is 8.00. The average Bonchev–Trinajstić information content (AvgIpc) is 3.48. The number of amides is 2. The van der Waals surface area contributed by atoms with Crippen LogP contribution < -0.4 is 10.6 Å². The van der Waals surface area contributed by atoms with Gasteiger partial charge < -0.3 is 10.6 Å². The Labute approximate surface area is 180 Å². The average molecular weight is 421 g/mol. The van der Waals surface area contributed by atoms with E-state index in [-0.39, 0.29) is 6.54 Å². The van der Waals surface area contributed by atoms with Crippen LogP contribution in [0.2, 0.25) is 0 Å². The number of thioether (sulfide) groups is 1. The van der Waals surface area contributed by atoms with Crippen molar-refractivity contribution in [1.82, 2.24) is 15.1 Å². The van der Waals surface area contributed by atoms with Crippen LogP contribution in [0.4, 0.5) is 5.69 Å². The summed E-state index contributed by atoms with van der Waals surface area (Å²) in [6.07, 6.45) is 8.73. The van der Waals surface area contributed by atoms with Gasteiger partial charge in [-0.1, -0.05) is 25.0 Å². The fourth-order valence-corrected chi connectivity index (χ4v) is 4.74. The zero-order chi connectivity index (χ0) is 20.8. The minimum Gasteiger partial charge on any atom is -0.344 e. The van der Waals surface area contributed by atoms with Crippen LogP contribution in [0, 0.1) is 0 Å². The summed E-state index contributed by atoms with van der Waals surface area (Å²) in [5.74, 6) is -1.33. The van der Waals surface area contributed by atoms with Gasteiger partial charge in [-0.05, 0) is 60.9 Å². The van der Waals surface area contributed by atoms with Crippen LogP contribution in [-0.2, 0) is 16.1 Å². The van der Waals surface area contributed by atoms with Gasteiger partial charge in [-0.15, -0.1) is 11.8 Å². The van der Waals surface area contributed by atoms with Crippen molar-refractivity contribution < 1.29 is 9.59 Å². The van der Waals surface area contributed by atoms with Crippen molar-refractivity contribution >= 4 is 29.3 Å². The summed E-state index contributed by atoms with van der Waals surface area (Å²) in [5.41, 5.74) is 2.40. The molecule has 2 aromatic carbocycles. The highest BCUT2D eigenvalue weighted by Gasteiger charge is 2.17. The molecule has 0 saturated heterocycles. The Bertz CT molecular complexity index is 996. The van der Waals surface area contributed by atoms with Crippen molar-refractivity contribution in [1.29, 1.82) is 0 Å². The number of carbonyl (C=O) groups excluding carboxylic acids is 2. The van der Waals surface area contributed by atoms with Crippen molar-refractivity contribution in [2.24, 2.45) is 0 Å². The van der Waals surface area contributed by atoms with Gasteiger partial charge in [-0.25, -0.2) is 4.68 Å². The van der Waals surface area contributed by atoms with Gasteiger partial charge in [0.2, 0.25) is 0 Å². The predicted molar refractivity (Wildman–Crippen MR) is 119 cm³/mol. The van der Waals surface area contributed by atoms with Crippen LogP contribution >= 0.6 is 11.8 Å². The van der Waals surface area contributed by atoms with Crippen molar-refractivity contribution in [3.05, 3.63) is 72.6 Å². The first-order chi connectivity index (χ1) is 14.7. The number of carbonyl (C=O) groups is 2. The summed E-state index contributed by atoms with van der Waals surface area (Å²) in [4.78, 5) is 25.6. The summed E-state index contributed by atoms with van der Waals surface area (Å²) in [6.45, 7) is 0.262. The molecule has 1 fully saturated rings. The lowest BCUT2D eigenvalue weighted by Gasteiger charge is -2.10. The molecule has 2 amide bonds. The van der Waals surface area contributed by atoms with Crippen LogP contribution in [0.3, 0.4) is 0 Å². The molecular formula is C23H24N4O2S. The Morgan fingerprint density at radius 2 is 1.83 bits per heavy atom. The molecule has 0 aliphatic heterocycles. The van der Waals surface area contributed by atoms with E-state index in [1.165, 1.54) is 30.6 Å².